The van der Waals surface area contributed by atoms with Crippen LogP contribution in [-0.2, 0) is 22.4 Å². The molecule has 1 N–H and O–H groups in total. The van der Waals surface area contributed by atoms with Crippen LogP contribution in [0.15, 0.2) is 36.4 Å². The Kier molecular flexibility index (Phi) is 7.41. The van der Waals surface area contributed by atoms with Gasteiger partial charge >= 0.3 is 5.97 Å². The third-order valence-corrected chi connectivity index (χ3v) is 6.62. The summed E-state index contributed by atoms with van der Waals surface area (Å²) in [5, 5.41) is 11.3. The van der Waals surface area contributed by atoms with E-state index in [2.05, 4.69) is 9.64 Å². The summed E-state index contributed by atoms with van der Waals surface area (Å²) in [5.74, 6) is 0.484. The molecule has 33 heavy (non-hydrogen) atoms. The highest BCUT2D eigenvalue weighted by Crippen LogP contribution is 2.41. The minimum atomic E-state index is -0.726. The van der Waals surface area contributed by atoms with Crippen molar-refractivity contribution in [2.75, 3.05) is 33.4 Å². The normalized spacial score (nSPS) is 17.9. The van der Waals surface area contributed by atoms with E-state index in [-0.39, 0.29) is 24.6 Å². The molecule has 4 rings (SSSR count). The van der Waals surface area contributed by atoms with E-state index >= 15 is 0 Å². The number of likely N-dealkylation sites (tertiary alicyclic amines) is 1. The van der Waals surface area contributed by atoms with Crippen molar-refractivity contribution in [3.63, 3.8) is 0 Å². The second-order valence-electron chi connectivity index (χ2n) is 8.81. The van der Waals surface area contributed by atoms with Crippen molar-refractivity contribution in [1.82, 2.24) is 4.90 Å². The van der Waals surface area contributed by atoms with Gasteiger partial charge in [-0.05, 0) is 41.8 Å². The predicted octanol–water partition coefficient (Wildman–Crippen LogP) is 3.79. The van der Waals surface area contributed by atoms with Crippen LogP contribution >= 0.6 is 11.6 Å². The number of aryl methyl sites for hydroxylation is 1. The Balaban J connectivity index is 1.26. The van der Waals surface area contributed by atoms with E-state index in [9.17, 15) is 14.3 Å². The zero-order valence-electron chi connectivity index (χ0n) is 18.7. The number of hydrogen-bond acceptors (Lipinski definition) is 6. The molecule has 1 saturated heterocycles. The first-order chi connectivity index (χ1) is 15.9. The van der Waals surface area contributed by atoms with Gasteiger partial charge in [-0.2, -0.15) is 0 Å². The summed E-state index contributed by atoms with van der Waals surface area (Å²) in [4.78, 5) is 13.6. The maximum atomic E-state index is 13.7. The van der Waals surface area contributed by atoms with Gasteiger partial charge in [0.2, 0.25) is 0 Å². The second kappa shape index (κ2) is 10.3. The van der Waals surface area contributed by atoms with E-state index < -0.39 is 11.9 Å². The van der Waals surface area contributed by atoms with E-state index in [4.69, 9.17) is 21.1 Å². The van der Waals surface area contributed by atoms with Gasteiger partial charge in [0.15, 0.2) is 0 Å². The Labute approximate surface area is 198 Å². The molecule has 1 atom stereocenters. The van der Waals surface area contributed by atoms with Crippen molar-refractivity contribution in [2.24, 2.45) is 0 Å². The lowest BCUT2D eigenvalue weighted by Crippen LogP contribution is -2.49. The Morgan fingerprint density at radius 2 is 2.06 bits per heavy atom. The maximum Gasteiger partial charge on any atom is 0.305 e. The molecule has 0 aliphatic carbocycles. The highest BCUT2D eigenvalue weighted by atomic mass is 35.5. The quantitative estimate of drug-likeness (QED) is 0.583. The Morgan fingerprint density at radius 3 is 2.82 bits per heavy atom. The summed E-state index contributed by atoms with van der Waals surface area (Å²) < 4.78 is 30.4. The van der Waals surface area contributed by atoms with Gasteiger partial charge in [-0.3, -0.25) is 4.79 Å². The number of rotatable bonds is 8. The summed E-state index contributed by atoms with van der Waals surface area (Å²) >= 11 is 6.12. The number of methoxy groups -OCH3 is 1. The number of carbonyl (C=O) groups is 1. The van der Waals surface area contributed by atoms with Crippen LogP contribution < -0.4 is 9.47 Å². The van der Waals surface area contributed by atoms with Crippen molar-refractivity contribution in [2.45, 2.75) is 43.8 Å². The van der Waals surface area contributed by atoms with Gasteiger partial charge in [-0.1, -0.05) is 17.7 Å². The number of esters is 1. The molecular weight excluding hydrogens is 449 g/mol. The van der Waals surface area contributed by atoms with Gasteiger partial charge < -0.3 is 24.2 Å². The number of carbonyl (C=O) groups excluding carboxylic acids is 1. The lowest BCUT2D eigenvalue weighted by molar-refractivity contribution is -0.140. The number of β-amino-alcohol motifs (C(OH)–C–C–N with tert-alkyl or cyclic N) is 1. The number of halogens is 2. The van der Waals surface area contributed by atoms with Gasteiger partial charge in [0, 0.05) is 56.4 Å². The average molecular weight is 478 g/mol. The molecule has 0 unspecified atom stereocenters. The molecule has 2 aliphatic rings. The molecule has 2 heterocycles. The highest BCUT2D eigenvalue weighted by molar-refractivity contribution is 6.30. The number of aliphatic hydroxyl groups excluding tert-OH is 1. The SMILES string of the molecule is COC(=O)CCc1ccc(F)cc1OC[C@@H](O)CN1CCC2(CC1)Cc1cc(Cl)ccc1O2. The fraction of sp³-hybridized carbons (Fsp3) is 0.480. The second-order valence-corrected chi connectivity index (χ2v) is 9.24. The molecule has 6 nitrogen and oxygen atoms in total. The van der Waals surface area contributed by atoms with E-state index in [1.807, 2.05) is 18.2 Å². The van der Waals surface area contributed by atoms with Crippen LogP contribution in [0.25, 0.3) is 0 Å². The number of aliphatic hydroxyl groups is 1. The predicted molar refractivity (Wildman–Crippen MR) is 122 cm³/mol. The van der Waals surface area contributed by atoms with Crippen molar-refractivity contribution in [3.05, 3.63) is 58.4 Å². The third-order valence-electron chi connectivity index (χ3n) is 6.38. The van der Waals surface area contributed by atoms with Crippen LogP contribution in [0.4, 0.5) is 4.39 Å². The molecule has 0 amide bonds. The van der Waals surface area contributed by atoms with Crippen LogP contribution in [0.5, 0.6) is 11.5 Å². The number of hydrogen-bond donors (Lipinski definition) is 1. The Hall–Kier alpha value is -2.35. The molecule has 2 aromatic carbocycles. The fourth-order valence-electron chi connectivity index (χ4n) is 4.57. The monoisotopic (exact) mass is 477 g/mol. The molecular formula is C25H29ClFNO5. The standard InChI is InChI=1S/C25H29ClFNO5/c1-31-24(30)7-3-17-2-5-20(27)13-23(17)32-16-21(29)15-28-10-8-25(9-11-28)14-18-12-19(26)4-6-22(18)33-25/h2,4-6,12-13,21,29H,3,7-11,14-16H2,1H3/t21-/m0/s1. The number of piperidine rings is 1. The maximum absolute atomic E-state index is 13.7. The van der Waals surface area contributed by atoms with Crippen molar-refractivity contribution in [1.29, 1.82) is 0 Å². The van der Waals surface area contributed by atoms with Crippen LogP contribution in [-0.4, -0.2) is 61.0 Å². The first-order valence-electron chi connectivity index (χ1n) is 11.2. The van der Waals surface area contributed by atoms with Gasteiger partial charge in [-0.25, -0.2) is 4.39 Å². The van der Waals surface area contributed by atoms with Crippen LogP contribution in [0.1, 0.15) is 30.4 Å². The minimum Gasteiger partial charge on any atom is -0.490 e. The number of ether oxygens (including phenoxy) is 3. The molecule has 0 radical (unpaired) electrons. The molecule has 1 fully saturated rings. The Morgan fingerprint density at radius 1 is 1.27 bits per heavy atom. The van der Waals surface area contributed by atoms with E-state index in [1.165, 1.54) is 19.2 Å². The average Bonchev–Trinajstić information content (AvgIpc) is 3.15. The third kappa shape index (κ3) is 5.96. The van der Waals surface area contributed by atoms with E-state index in [0.717, 1.165) is 48.7 Å². The topological polar surface area (TPSA) is 68.2 Å². The van der Waals surface area contributed by atoms with Gasteiger partial charge in [0.25, 0.3) is 0 Å². The fourth-order valence-corrected chi connectivity index (χ4v) is 4.76. The van der Waals surface area contributed by atoms with Crippen LogP contribution in [0.2, 0.25) is 5.02 Å². The lowest BCUT2D eigenvalue weighted by Gasteiger charge is -2.39. The molecule has 0 bridgehead atoms. The minimum absolute atomic E-state index is 0.0385. The zero-order valence-corrected chi connectivity index (χ0v) is 19.4. The zero-order chi connectivity index (χ0) is 23.4. The van der Waals surface area contributed by atoms with Crippen LogP contribution in [0.3, 0.4) is 0 Å². The lowest BCUT2D eigenvalue weighted by atomic mass is 9.87. The highest BCUT2D eigenvalue weighted by Gasteiger charge is 2.42. The van der Waals surface area contributed by atoms with Gasteiger partial charge in [0.05, 0.1) is 7.11 Å². The number of fused-ring (bicyclic) bond motifs is 1. The number of nitrogens with zero attached hydrogens (tertiary/aromatic N) is 1. The van der Waals surface area contributed by atoms with Crippen molar-refractivity contribution >= 4 is 17.6 Å². The molecule has 2 aromatic rings. The molecule has 8 heteroatoms. The number of benzene rings is 2. The smallest absolute Gasteiger partial charge is 0.305 e. The molecule has 178 valence electrons. The first kappa shape index (κ1) is 23.8. The summed E-state index contributed by atoms with van der Waals surface area (Å²) in [6.45, 7) is 2.12. The summed E-state index contributed by atoms with van der Waals surface area (Å²) in [6, 6.07) is 9.97. The first-order valence-corrected chi connectivity index (χ1v) is 11.6. The van der Waals surface area contributed by atoms with Gasteiger partial charge in [-0.15, -0.1) is 0 Å². The summed E-state index contributed by atoms with van der Waals surface area (Å²) in [7, 11) is 1.33. The Bertz CT molecular complexity index is 993. The molecule has 0 aromatic heterocycles. The van der Waals surface area contributed by atoms with Crippen molar-refractivity contribution < 1.29 is 28.5 Å². The van der Waals surface area contributed by atoms with E-state index in [1.54, 1.807) is 6.07 Å². The summed E-state index contributed by atoms with van der Waals surface area (Å²) in [5.41, 5.74) is 1.66. The van der Waals surface area contributed by atoms with Crippen molar-refractivity contribution in [3.8, 4) is 11.5 Å². The van der Waals surface area contributed by atoms with E-state index in [0.29, 0.717) is 24.3 Å². The largest absolute Gasteiger partial charge is 0.490 e. The van der Waals surface area contributed by atoms with Gasteiger partial charge in [0.1, 0.15) is 35.6 Å². The molecule has 1 spiro atoms. The van der Waals surface area contributed by atoms with Crippen LogP contribution in [0, 0.1) is 5.82 Å². The molecule has 0 saturated carbocycles. The summed E-state index contributed by atoms with van der Waals surface area (Å²) in [6.07, 6.45) is 2.42. The molecule has 2 aliphatic heterocycles.